The maximum absolute atomic E-state index is 12.6. The van der Waals surface area contributed by atoms with Crippen LogP contribution in [0.15, 0.2) is 46.1 Å². The van der Waals surface area contributed by atoms with Crippen molar-refractivity contribution in [3.05, 3.63) is 41.7 Å². The average Bonchev–Trinajstić information content (AvgIpc) is 3.20. The van der Waals surface area contributed by atoms with Crippen molar-refractivity contribution in [2.45, 2.75) is 32.2 Å². The van der Waals surface area contributed by atoms with Crippen LogP contribution in [0.25, 0.3) is 0 Å². The molecule has 0 aromatic heterocycles. The van der Waals surface area contributed by atoms with E-state index in [4.69, 9.17) is 9.73 Å². The molecule has 1 aromatic rings. The highest BCUT2D eigenvalue weighted by Gasteiger charge is 2.27. The van der Waals surface area contributed by atoms with Crippen molar-refractivity contribution < 1.29 is 9.53 Å². The fourth-order valence-electron chi connectivity index (χ4n) is 3.95. The van der Waals surface area contributed by atoms with E-state index in [0.29, 0.717) is 12.5 Å². The summed E-state index contributed by atoms with van der Waals surface area (Å²) in [4.78, 5) is 28.4. The quantitative estimate of drug-likeness (QED) is 0.741. The Bertz CT molecular complexity index is 839. The lowest BCUT2D eigenvalue weighted by atomic mass is 10.1. The average molecular weight is 396 g/mol. The second-order valence-electron chi connectivity index (χ2n) is 7.67. The number of amidine groups is 1. The second kappa shape index (κ2) is 8.68. The van der Waals surface area contributed by atoms with Gasteiger partial charge in [0, 0.05) is 45.2 Å². The number of benzene rings is 1. The van der Waals surface area contributed by atoms with Crippen LogP contribution >= 0.6 is 0 Å². The molecule has 3 aliphatic heterocycles. The van der Waals surface area contributed by atoms with Gasteiger partial charge in [-0.3, -0.25) is 9.79 Å². The first-order valence-corrected chi connectivity index (χ1v) is 10.4. The van der Waals surface area contributed by atoms with Gasteiger partial charge < -0.3 is 19.4 Å². The number of fused-ring (bicyclic) bond motifs is 1. The summed E-state index contributed by atoms with van der Waals surface area (Å²) >= 11 is 0. The summed E-state index contributed by atoms with van der Waals surface area (Å²) in [6, 6.07) is 8.29. The van der Waals surface area contributed by atoms with Crippen molar-refractivity contribution in [3.8, 4) is 5.75 Å². The molecule has 1 aromatic carbocycles. The fourth-order valence-corrected chi connectivity index (χ4v) is 3.95. The molecular formula is C22H29N5O2. The smallest absolute Gasteiger partial charge is 0.223 e. The molecule has 1 saturated heterocycles. The van der Waals surface area contributed by atoms with E-state index in [0.717, 1.165) is 68.5 Å². The van der Waals surface area contributed by atoms with Crippen molar-refractivity contribution >= 4 is 18.1 Å². The summed E-state index contributed by atoms with van der Waals surface area (Å²) in [6.07, 6.45) is 6.29. The molecule has 29 heavy (non-hydrogen) atoms. The molecule has 7 nitrogen and oxygen atoms in total. The third-order valence-corrected chi connectivity index (χ3v) is 5.79. The van der Waals surface area contributed by atoms with Crippen molar-refractivity contribution in [2.75, 3.05) is 39.8 Å². The molecule has 0 bridgehead atoms. The Labute approximate surface area is 172 Å². The first-order valence-electron chi connectivity index (χ1n) is 10.4. The van der Waals surface area contributed by atoms with Crippen LogP contribution in [0.4, 0.5) is 0 Å². The summed E-state index contributed by atoms with van der Waals surface area (Å²) < 4.78 is 5.26. The number of methoxy groups -OCH3 is 1. The van der Waals surface area contributed by atoms with Crippen molar-refractivity contribution in [2.24, 2.45) is 9.98 Å². The molecule has 0 spiro atoms. The van der Waals surface area contributed by atoms with Gasteiger partial charge >= 0.3 is 0 Å². The van der Waals surface area contributed by atoms with Crippen molar-refractivity contribution in [1.29, 1.82) is 0 Å². The lowest BCUT2D eigenvalue weighted by molar-refractivity contribution is -0.132. The third kappa shape index (κ3) is 4.44. The number of ether oxygens (including phenoxy) is 1. The zero-order valence-corrected chi connectivity index (χ0v) is 17.3. The van der Waals surface area contributed by atoms with E-state index in [1.807, 2.05) is 35.5 Å². The van der Waals surface area contributed by atoms with Crippen LogP contribution in [0.1, 0.15) is 25.3 Å². The number of rotatable bonds is 6. The summed E-state index contributed by atoms with van der Waals surface area (Å²) in [5.74, 6) is 3.02. The van der Waals surface area contributed by atoms with Gasteiger partial charge in [-0.2, -0.15) is 0 Å². The van der Waals surface area contributed by atoms with E-state index in [2.05, 4.69) is 27.8 Å². The van der Waals surface area contributed by atoms with Crippen molar-refractivity contribution in [1.82, 2.24) is 14.7 Å². The Balaban J connectivity index is 1.28. The Morgan fingerprint density at radius 2 is 2.07 bits per heavy atom. The molecule has 1 amide bonds. The van der Waals surface area contributed by atoms with Gasteiger partial charge in [0.1, 0.15) is 17.4 Å². The second-order valence-corrected chi connectivity index (χ2v) is 7.67. The van der Waals surface area contributed by atoms with Crippen LogP contribution in [0.3, 0.4) is 0 Å². The van der Waals surface area contributed by atoms with Gasteiger partial charge in [-0.1, -0.05) is 19.1 Å². The summed E-state index contributed by atoms with van der Waals surface area (Å²) in [6.45, 7) is 6.17. The summed E-state index contributed by atoms with van der Waals surface area (Å²) in [5.41, 5.74) is 1.13. The van der Waals surface area contributed by atoms with E-state index in [-0.39, 0.29) is 5.91 Å². The fraction of sp³-hybridized carbons (Fsp3) is 0.500. The van der Waals surface area contributed by atoms with Crippen LogP contribution in [0.5, 0.6) is 5.75 Å². The van der Waals surface area contributed by atoms with Gasteiger partial charge in [0.25, 0.3) is 0 Å². The van der Waals surface area contributed by atoms with Gasteiger partial charge in [0.05, 0.1) is 19.5 Å². The van der Waals surface area contributed by atoms with Crippen LogP contribution < -0.4 is 4.74 Å². The zero-order valence-electron chi connectivity index (χ0n) is 17.3. The number of aliphatic imine (C=N–C) groups is 2. The number of carbonyl (C=O) groups excluding carboxylic acids is 1. The number of hydrogen-bond donors (Lipinski definition) is 0. The van der Waals surface area contributed by atoms with Gasteiger partial charge in [-0.25, -0.2) is 4.99 Å². The number of nitrogens with zero attached hydrogens (tertiary/aromatic N) is 5. The minimum Gasteiger partial charge on any atom is -0.497 e. The predicted molar refractivity (Wildman–Crippen MR) is 114 cm³/mol. The summed E-state index contributed by atoms with van der Waals surface area (Å²) in [7, 11) is 1.66. The number of piperazine rings is 1. The lowest BCUT2D eigenvalue weighted by Gasteiger charge is -2.37. The van der Waals surface area contributed by atoms with E-state index in [1.165, 1.54) is 0 Å². The lowest BCUT2D eigenvalue weighted by Crippen LogP contribution is -2.48. The highest BCUT2D eigenvalue weighted by atomic mass is 16.5. The van der Waals surface area contributed by atoms with Crippen LogP contribution in [-0.2, 0) is 11.2 Å². The molecule has 1 fully saturated rings. The van der Waals surface area contributed by atoms with Gasteiger partial charge in [-0.15, -0.1) is 0 Å². The minimum absolute atomic E-state index is 0.214. The Morgan fingerprint density at radius 1 is 1.24 bits per heavy atom. The van der Waals surface area contributed by atoms with Gasteiger partial charge in [0.15, 0.2) is 0 Å². The summed E-state index contributed by atoms with van der Waals surface area (Å²) in [5, 5.41) is 0. The molecule has 3 aliphatic rings. The molecule has 1 atom stereocenters. The number of carbonyl (C=O) groups is 1. The molecule has 0 radical (unpaired) electrons. The molecule has 3 heterocycles. The largest absolute Gasteiger partial charge is 0.497 e. The zero-order chi connectivity index (χ0) is 20.2. The number of amides is 1. The molecule has 0 saturated carbocycles. The van der Waals surface area contributed by atoms with E-state index >= 15 is 0 Å². The van der Waals surface area contributed by atoms with E-state index < -0.39 is 0 Å². The van der Waals surface area contributed by atoms with E-state index in [9.17, 15) is 4.79 Å². The number of hydrogen-bond acceptors (Lipinski definition) is 6. The maximum Gasteiger partial charge on any atom is 0.223 e. The molecule has 154 valence electrons. The monoisotopic (exact) mass is 395 g/mol. The van der Waals surface area contributed by atoms with Gasteiger partial charge in [0.2, 0.25) is 5.91 Å². The maximum atomic E-state index is 12.6. The van der Waals surface area contributed by atoms with Crippen LogP contribution in [-0.4, -0.2) is 78.7 Å². The highest BCUT2D eigenvalue weighted by Crippen LogP contribution is 2.20. The third-order valence-electron chi connectivity index (χ3n) is 5.79. The number of aryl methyl sites for hydroxylation is 1. The topological polar surface area (TPSA) is 60.7 Å². The molecule has 0 N–H and O–H groups in total. The SMILES string of the molecule is CCC1CN2C=NC(N3CCN(C(=O)CCc4cccc(OC)c4)CC3)=CC2=N1. The minimum atomic E-state index is 0.214. The standard InChI is InChI=1S/C22H29N5O2/c1-3-18-15-27-16-23-20(14-21(27)24-18)25-9-11-26(12-10-25)22(28)8-7-17-5-4-6-19(13-17)29-2/h4-6,13-14,16,18H,3,7-12,15H2,1-2H3. The molecule has 4 rings (SSSR count). The molecule has 1 unspecified atom stereocenters. The van der Waals surface area contributed by atoms with Crippen LogP contribution in [0, 0.1) is 0 Å². The van der Waals surface area contributed by atoms with E-state index in [1.54, 1.807) is 7.11 Å². The molecule has 0 aliphatic carbocycles. The van der Waals surface area contributed by atoms with Crippen LogP contribution in [0.2, 0.25) is 0 Å². The first-order chi connectivity index (χ1) is 14.2. The Hall–Kier alpha value is -2.83. The van der Waals surface area contributed by atoms with Gasteiger partial charge in [-0.05, 0) is 30.5 Å². The Morgan fingerprint density at radius 3 is 2.83 bits per heavy atom. The predicted octanol–water partition coefficient (Wildman–Crippen LogP) is 2.15. The molecule has 7 heteroatoms. The molecular weight excluding hydrogens is 366 g/mol. The van der Waals surface area contributed by atoms with Crippen molar-refractivity contribution in [3.63, 3.8) is 0 Å². The highest BCUT2D eigenvalue weighted by molar-refractivity contribution is 6.03. The first kappa shape index (κ1) is 19.5. The Kier molecular flexibility index (Phi) is 5.83. The normalized spacial score (nSPS) is 21.0.